The standard InChI is InChI=1S/C9H21NO/c1-9(2,3)10(4)7-6-8-11-5/h6-8H2,1-5H3. The van der Waals surface area contributed by atoms with E-state index in [0.29, 0.717) is 0 Å². The van der Waals surface area contributed by atoms with E-state index in [1.54, 1.807) is 7.11 Å². The maximum absolute atomic E-state index is 4.98. The van der Waals surface area contributed by atoms with E-state index in [1.165, 1.54) is 0 Å². The monoisotopic (exact) mass is 159 g/mol. The molecule has 0 aliphatic carbocycles. The molecule has 0 aromatic heterocycles. The van der Waals surface area contributed by atoms with Gasteiger partial charge in [-0.3, -0.25) is 0 Å². The fraction of sp³-hybridized carbons (Fsp3) is 1.00. The fourth-order valence-corrected chi connectivity index (χ4v) is 0.781. The number of nitrogens with zero attached hydrogens (tertiary/aromatic N) is 1. The largest absolute Gasteiger partial charge is 0.385 e. The Balaban J connectivity index is 3.44. The Morgan fingerprint density at radius 3 is 2.18 bits per heavy atom. The summed E-state index contributed by atoms with van der Waals surface area (Å²) in [4.78, 5) is 2.34. The second-order valence-electron chi connectivity index (χ2n) is 3.94. The molecular formula is C9H21NO. The third kappa shape index (κ3) is 5.22. The molecular weight excluding hydrogens is 138 g/mol. The zero-order valence-electron chi connectivity index (χ0n) is 8.48. The summed E-state index contributed by atoms with van der Waals surface area (Å²) in [6, 6.07) is 0. The van der Waals surface area contributed by atoms with Crippen molar-refractivity contribution in [1.29, 1.82) is 0 Å². The van der Waals surface area contributed by atoms with Crippen LogP contribution in [-0.4, -0.2) is 37.7 Å². The normalized spacial score (nSPS) is 12.5. The molecule has 68 valence electrons. The van der Waals surface area contributed by atoms with Crippen LogP contribution < -0.4 is 0 Å². The highest BCUT2D eigenvalue weighted by atomic mass is 16.5. The van der Waals surface area contributed by atoms with E-state index >= 15 is 0 Å². The molecule has 2 nitrogen and oxygen atoms in total. The van der Waals surface area contributed by atoms with Crippen molar-refractivity contribution in [1.82, 2.24) is 4.90 Å². The minimum absolute atomic E-state index is 0.285. The highest BCUT2D eigenvalue weighted by molar-refractivity contribution is 4.72. The van der Waals surface area contributed by atoms with Gasteiger partial charge in [0.1, 0.15) is 0 Å². The predicted molar refractivity (Wildman–Crippen MR) is 48.9 cm³/mol. The van der Waals surface area contributed by atoms with Crippen LogP contribution in [0.5, 0.6) is 0 Å². The van der Waals surface area contributed by atoms with Crippen LogP contribution in [0.15, 0.2) is 0 Å². The Hall–Kier alpha value is -0.0800. The lowest BCUT2D eigenvalue weighted by Crippen LogP contribution is -2.38. The first kappa shape index (κ1) is 10.9. The Kier molecular flexibility index (Phi) is 4.69. The lowest BCUT2D eigenvalue weighted by atomic mass is 10.1. The van der Waals surface area contributed by atoms with E-state index in [0.717, 1.165) is 19.6 Å². The molecule has 0 N–H and O–H groups in total. The molecule has 0 saturated carbocycles. The molecule has 0 bridgehead atoms. The van der Waals surface area contributed by atoms with Crippen LogP contribution in [0.1, 0.15) is 27.2 Å². The number of hydrogen-bond acceptors (Lipinski definition) is 2. The van der Waals surface area contributed by atoms with Crippen molar-refractivity contribution in [3.63, 3.8) is 0 Å². The molecule has 0 unspecified atom stereocenters. The second kappa shape index (κ2) is 4.73. The van der Waals surface area contributed by atoms with Crippen LogP contribution in [0.25, 0.3) is 0 Å². The van der Waals surface area contributed by atoms with Gasteiger partial charge in [0.15, 0.2) is 0 Å². The minimum atomic E-state index is 0.285. The summed E-state index contributed by atoms with van der Waals surface area (Å²) in [5.41, 5.74) is 0.285. The van der Waals surface area contributed by atoms with Crippen LogP contribution in [0.2, 0.25) is 0 Å². The van der Waals surface area contributed by atoms with Gasteiger partial charge in [-0.25, -0.2) is 0 Å². The Labute approximate surface area is 70.5 Å². The highest BCUT2D eigenvalue weighted by Gasteiger charge is 2.15. The van der Waals surface area contributed by atoms with E-state index in [-0.39, 0.29) is 5.54 Å². The van der Waals surface area contributed by atoms with Crippen LogP contribution in [0.4, 0.5) is 0 Å². The van der Waals surface area contributed by atoms with E-state index in [4.69, 9.17) is 4.74 Å². The van der Waals surface area contributed by atoms with Crippen molar-refractivity contribution in [2.75, 3.05) is 27.3 Å². The molecule has 0 rings (SSSR count). The van der Waals surface area contributed by atoms with Crippen molar-refractivity contribution in [3.8, 4) is 0 Å². The Bertz CT molecular complexity index is 96.2. The first-order valence-electron chi connectivity index (χ1n) is 4.18. The molecule has 0 spiro atoms. The van der Waals surface area contributed by atoms with Gasteiger partial charge in [-0.05, 0) is 34.2 Å². The highest BCUT2D eigenvalue weighted by Crippen LogP contribution is 2.09. The lowest BCUT2D eigenvalue weighted by molar-refractivity contribution is 0.139. The fourth-order valence-electron chi connectivity index (χ4n) is 0.781. The molecule has 0 atom stereocenters. The molecule has 0 heterocycles. The molecule has 2 heteroatoms. The van der Waals surface area contributed by atoms with E-state index < -0.39 is 0 Å². The smallest absolute Gasteiger partial charge is 0.0474 e. The number of rotatable bonds is 4. The van der Waals surface area contributed by atoms with Crippen molar-refractivity contribution >= 4 is 0 Å². The molecule has 0 fully saturated rings. The van der Waals surface area contributed by atoms with Gasteiger partial charge in [-0.1, -0.05) is 0 Å². The zero-order chi connectivity index (χ0) is 8.91. The molecule has 0 aromatic carbocycles. The number of ether oxygens (including phenoxy) is 1. The topological polar surface area (TPSA) is 12.5 Å². The molecule has 0 aliphatic heterocycles. The van der Waals surface area contributed by atoms with Gasteiger partial charge in [0, 0.05) is 25.8 Å². The van der Waals surface area contributed by atoms with Gasteiger partial charge in [-0.2, -0.15) is 0 Å². The SMILES string of the molecule is COCCCN(C)C(C)(C)C. The molecule has 0 aromatic rings. The van der Waals surface area contributed by atoms with Gasteiger partial charge < -0.3 is 9.64 Å². The number of hydrogen-bond donors (Lipinski definition) is 0. The summed E-state index contributed by atoms with van der Waals surface area (Å²) >= 11 is 0. The van der Waals surface area contributed by atoms with Crippen molar-refractivity contribution in [2.24, 2.45) is 0 Å². The van der Waals surface area contributed by atoms with E-state index in [2.05, 4.69) is 32.7 Å². The Morgan fingerprint density at radius 2 is 1.82 bits per heavy atom. The summed E-state index contributed by atoms with van der Waals surface area (Å²) in [5, 5.41) is 0. The molecule has 0 aliphatic rings. The maximum atomic E-state index is 4.98. The molecule has 0 saturated heterocycles. The zero-order valence-corrected chi connectivity index (χ0v) is 8.48. The van der Waals surface area contributed by atoms with Crippen molar-refractivity contribution in [3.05, 3.63) is 0 Å². The average Bonchev–Trinajstić information content (AvgIpc) is 1.86. The summed E-state index contributed by atoms with van der Waals surface area (Å²) in [5.74, 6) is 0. The first-order valence-corrected chi connectivity index (χ1v) is 4.18. The minimum Gasteiger partial charge on any atom is -0.385 e. The molecule has 11 heavy (non-hydrogen) atoms. The first-order chi connectivity index (χ1) is 4.98. The summed E-state index contributed by atoms with van der Waals surface area (Å²) in [6.45, 7) is 8.64. The third-order valence-electron chi connectivity index (χ3n) is 1.99. The van der Waals surface area contributed by atoms with Gasteiger partial charge in [0.05, 0.1) is 0 Å². The van der Waals surface area contributed by atoms with Crippen LogP contribution >= 0.6 is 0 Å². The van der Waals surface area contributed by atoms with Crippen LogP contribution in [0.3, 0.4) is 0 Å². The number of methoxy groups -OCH3 is 1. The summed E-state index contributed by atoms with van der Waals surface area (Å²) in [7, 11) is 3.90. The average molecular weight is 159 g/mol. The maximum Gasteiger partial charge on any atom is 0.0474 e. The van der Waals surface area contributed by atoms with Gasteiger partial charge in [-0.15, -0.1) is 0 Å². The lowest BCUT2D eigenvalue weighted by Gasteiger charge is -2.31. The van der Waals surface area contributed by atoms with Gasteiger partial charge in [0.25, 0.3) is 0 Å². The van der Waals surface area contributed by atoms with Gasteiger partial charge in [0.2, 0.25) is 0 Å². The van der Waals surface area contributed by atoms with E-state index in [9.17, 15) is 0 Å². The van der Waals surface area contributed by atoms with Crippen molar-refractivity contribution in [2.45, 2.75) is 32.7 Å². The second-order valence-corrected chi connectivity index (χ2v) is 3.94. The van der Waals surface area contributed by atoms with Crippen LogP contribution in [-0.2, 0) is 4.74 Å². The summed E-state index contributed by atoms with van der Waals surface area (Å²) < 4.78 is 4.98. The van der Waals surface area contributed by atoms with Gasteiger partial charge >= 0.3 is 0 Å². The van der Waals surface area contributed by atoms with Crippen molar-refractivity contribution < 1.29 is 4.74 Å². The predicted octanol–water partition coefficient (Wildman–Crippen LogP) is 1.75. The molecule has 0 amide bonds. The van der Waals surface area contributed by atoms with E-state index in [1.807, 2.05) is 0 Å². The summed E-state index contributed by atoms with van der Waals surface area (Å²) in [6.07, 6.45) is 1.12. The Morgan fingerprint density at radius 1 is 1.27 bits per heavy atom. The third-order valence-corrected chi connectivity index (χ3v) is 1.99. The quantitative estimate of drug-likeness (QED) is 0.579. The molecule has 0 radical (unpaired) electrons. The van der Waals surface area contributed by atoms with Crippen LogP contribution in [0, 0.1) is 0 Å².